The molecule has 1 aliphatic heterocycles. The minimum absolute atomic E-state index is 0. The first kappa shape index (κ1) is 29.9. The molecule has 9 nitrogen and oxygen atoms in total. The molecular formula is C30H41N5O4S. The van der Waals surface area contributed by atoms with E-state index in [9.17, 15) is 9.90 Å². The molecule has 2 aromatic heterocycles. The summed E-state index contributed by atoms with van der Waals surface area (Å²) in [7, 11) is 0. The molecule has 1 fully saturated rings. The van der Waals surface area contributed by atoms with Gasteiger partial charge in [0.05, 0.1) is 12.3 Å². The number of pyridine rings is 1. The third-order valence-electron chi connectivity index (χ3n) is 7.32. The van der Waals surface area contributed by atoms with E-state index in [1.807, 2.05) is 18.2 Å². The summed E-state index contributed by atoms with van der Waals surface area (Å²) in [6.07, 6.45) is 7.59. The number of hydrogen-bond donors (Lipinski definition) is 3. The lowest BCUT2D eigenvalue weighted by Crippen LogP contribution is -2.42. The molecule has 1 saturated carbocycles. The van der Waals surface area contributed by atoms with Gasteiger partial charge >= 0.3 is 0 Å². The van der Waals surface area contributed by atoms with Crippen molar-refractivity contribution in [1.29, 1.82) is 0 Å². The molecule has 1 atom stereocenters. The minimum atomic E-state index is -0.662. The number of oxazole rings is 1. The maximum atomic E-state index is 13.0. The van der Waals surface area contributed by atoms with E-state index in [4.69, 9.17) is 14.1 Å². The van der Waals surface area contributed by atoms with Gasteiger partial charge in [0.15, 0.2) is 12.2 Å². The molecule has 0 radical (unpaired) electrons. The number of hydrogen-bond acceptors (Lipinski definition) is 8. The second kappa shape index (κ2) is 14.0. The fraction of sp³-hybridized carbons (Fsp3) is 0.500. The molecule has 3 heterocycles. The van der Waals surface area contributed by atoms with Gasteiger partial charge < -0.3 is 24.9 Å². The van der Waals surface area contributed by atoms with Gasteiger partial charge in [-0.2, -0.15) is 13.5 Å². The van der Waals surface area contributed by atoms with Gasteiger partial charge in [0.25, 0.3) is 5.91 Å². The number of aliphatic hydroxyl groups excluding tert-OH is 1. The lowest BCUT2D eigenvalue weighted by Gasteiger charge is -2.30. The molecular weight excluding hydrogens is 526 g/mol. The van der Waals surface area contributed by atoms with E-state index in [-0.39, 0.29) is 25.9 Å². The predicted molar refractivity (Wildman–Crippen MR) is 159 cm³/mol. The van der Waals surface area contributed by atoms with Crippen molar-refractivity contribution in [3.05, 3.63) is 71.1 Å². The monoisotopic (exact) mass is 567 g/mol. The maximum absolute atomic E-state index is 13.0. The number of fused-ring (bicyclic) bond motifs is 1. The van der Waals surface area contributed by atoms with Crippen LogP contribution in [0, 0.1) is 5.92 Å². The molecule has 1 aromatic carbocycles. The zero-order valence-electron chi connectivity index (χ0n) is 23.4. The van der Waals surface area contributed by atoms with Crippen LogP contribution in [-0.4, -0.2) is 57.7 Å². The maximum Gasteiger partial charge on any atom is 0.251 e. The Morgan fingerprint density at radius 2 is 2.08 bits per heavy atom. The Bertz CT molecular complexity index is 1250. The van der Waals surface area contributed by atoms with Crippen LogP contribution in [-0.2, 0) is 26.0 Å². The fourth-order valence-corrected chi connectivity index (χ4v) is 5.05. The van der Waals surface area contributed by atoms with E-state index < -0.39 is 6.10 Å². The molecule has 0 saturated heterocycles. The third kappa shape index (κ3) is 8.22. The lowest BCUT2D eigenvalue weighted by atomic mass is 9.93. The number of carbonyl (C=O) groups excluding carboxylic acids is 1. The van der Waals surface area contributed by atoms with Crippen molar-refractivity contribution in [3.63, 3.8) is 0 Å². The summed E-state index contributed by atoms with van der Waals surface area (Å²) in [5.74, 6) is 2.52. The number of aromatic nitrogens is 2. The molecule has 3 aromatic rings. The lowest BCUT2D eigenvalue weighted by molar-refractivity contribution is 0.0841. The summed E-state index contributed by atoms with van der Waals surface area (Å²) in [6, 6.07) is 10.3. The smallest absolute Gasteiger partial charge is 0.251 e. The number of aliphatic hydroxyl groups is 1. The molecule has 3 N–H and O–H groups in total. The van der Waals surface area contributed by atoms with E-state index in [1.54, 1.807) is 6.20 Å². The van der Waals surface area contributed by atoms with Crippen LogP contribution in [0.3, 0.4) is 0 Å². The summed E-state index contributed by atoms with van der Waals surface area (Å²) in [5, 5.41) is 17.1. The van der Waals surface area contributed by atoms with Crippen LogP contribution in [0.25, 0.3) is 0 Å². The zero-order chi connectivity index (χ0) is 27.2. The highest BCUT2D eigenvalue weighted by Gasteiger charge is 2.21. The number of carbonyl (C=O) groups is 1. The largest absolute Gasteiger partial charge is 0.486 e. The second-order valence-corrected chi connectivity index (χ2v) is 11.1. The van der Waals surface area contributed by atoms with E-state index in [0.717, 1.165) is 56.0 Å². The van der Waals surface area contributed by atoms with E-state index in [0.29, 0.717) is 36.4 Å². The van der Waals surface area contributed by atoms with Gasteiger partial charge in [-0.15, -0.1) is 0 Å². The fourth-order valence-electron chi connectivity index (χ4n) is 5.05. The Morgan fingerprint density at radius 3 is 2.80 bits per heavy atom. The minimum Gasteiger partial charge on any atom is -0.486 e. The number of ether oxygens (including phenoxy) is 1. The molecule has 2 aliphatic rings. The van der Waals surface area contributed by atoms with Gasteiger partial charge in [-0.3, -0.25) is 9.69 Å². The SMILES string of the molecule is CC(C)Cc1cc(C(=O)NC[C@H](O)CN2CCc3cc(OCc4cnco4)ccc3C2)cc(NC2CCC2)n1.S. The van der Waals surface area contributed by atoms with Crippen LogP contribution in [0.15, 0.2) is 47.3 Å². The highest BCUT2D eigenvalue weighted by Crippen LogP contribution is 2.25. The number of nitrogens with one attached hydrogen (secondary N) is 2. The van der Waals surface area contributed by atoms with Crippen LogP contribution >= 0.6 is 13.5 Å². The first-order chi connectivity index (χ1) is 18.9. The molecule has 40 heavy (non-hydrogen) atoms. The van der Waals surface area contributed by atoms with Crippen molar-refractivity contribution < 1.29 is 19.1 Å². The van der Waals surface area contributed by atoms with Crippen molar-refractivity contribution in [2.75, 3.05) is 25.0 Å². The van der Waals surface area contributed by atoms with Crippen LogP contribution in [0.5, 0.6) is 5.75 Å². The summed E-state index contributed by atoms with van der Waals surface area (Å²) in [4.78, 5) is 23.9. The Labute approximate surface area is 243 Å². The normalized spacial score (nSPS) is 16.0. The molecule has 216 valence electrons. The highest BCUT2D eigenvalue weighted by atomic mass is 32.1. The number of nitrogens with zero attached hydrogens (tertiary/aromatic N) is 3. The zero-order valence-corrected chi connectivity index (χ0v) is 24.4. The van der Waals surface area contributed by atoms with Crippen LogP contribution in [0.4, 0.5) is 5.82 Å². The van der Waals surface area contributed by atoms with Crippen molar-refractivity contribution in [2.24, 2.45) is 5.92 Å². The van der Waals surface area contributed by atoms with Gasteiger partial charge in [-0.1, -0.05) is 19.9 Å². The van der Waals surface area contributed by atoms with Gasteiger partial charge in [-0.25, -0.2) is 9.97 Å². The average molecular weight is 568 g/mol. The van der Waals surface area contributed by atoms with Gasteiger partial charge in [-0.05, 0) is 73.4 Å². The quantitative estimate of drug-likeness (QED) is 0.300. The average Bonchev–Trinajstić information content (AvgIpc) is 3.41. The van der Waals surface area contributed by atoms with Crippen molar-refractivity contribution in [2.45, 2.75) is 71.2 Å². The standard InChI is InChI=1S/C30H39N5O4.H2S/c1-20(2)10-25-11-23(13-29(34-25)33-24-4-3-5-24)30(37)32-14-26(36)17-35-9-8-21-12-27(7-6-22(21)16-35)38-18-28-15-31-19-39-28;/h6-7,11-13,15,19-20,24,26,36H,3-5,8-10,14,16-18H2,1-2H3,(H,32,37)(H,33,34);1H2/t26-;/m0./s1. The highest BCUT2D eigenvalue weighted by molar-refractivity contribution is 7.59. The molecule has 10 heteroatoms. The van der Waals surface area contributed by atoms with E-state index in [2.05, 4.69) is 46.5 Å². The second-order valence-electron chi connectivity index (χ2n) is 11.1. The number of amides is 1. The summed E-state index contributed by atoms with van der Waals surface area (Å²) >= 11 is 0. The number of benzene rings is 1. The van der Waals surface area contributed by atoms with Crippen LogP contribution < -0.4 is 15.4 Å². The van der Waals surface area contributed by atoms with E-state index >= 15 is 0 Å². The van der Waals surface area contributed by atoms with Crippen LogP contribution in [0.1, 0.15) is 66.0 Å². The first-order valence-corrected chi connectivity index (χ1v) is 14.0. The van der Waals surface area contributed by atoms with Crippen LogP contribution in [0.2, 0.25) is 0 Å². The van der Waals surface area contributed by atoms with Crippen molar-refractivity contribution in [3.8, 4) is 5.75 Å². The number of anilines is 1. The molecule has 5 rings (SSSR count). The Kier molecular flexibility index (Phi) is 10.5. The Hall–Kier alpha value is -3.08. The number of β-amino-alcohol motifs (C(OH)–C–C–N with tert-alkyl or cyclic N) is 1. The number of rotatable bonds is 12. The Morgan fingerprint density at radius 1 is 1.23 bits per heavy atom. The molecule has 1 aliphatic carbocycles. The van der Waals surface area contributed by atoms with Gasteiger partial charge in [0.1, 0.15) is 18.2 Å². The summed E-state index contributed by atoms with van der Waals surface area (Å²) in [6.45, 7) is 6.92. The molecule has 1 amide bonds. The van der Waals surface area contributed by atoms with Crippen molar-refractivity contribution in [1.82, 2.24) is 20.2 Å². The summed E-state index contributed by atoms with van der Waals surface area (Å²) < 4.78 is 11.0. The molecule has 0 bridgehead atoms. The first-order valence-electron chi connectivity index (χ1n) is 14.0. The van der Waals surface area contributed by atoms with Crippen molar-refractivity contribution >= 4 is 25.2 Å². The molecule has 0 unspecified atom stereocenters. The predicted octanol–water partition coefficient (Wildman–Crippen LogP) is 4.07. The van der Waals surface area contributed by atoms with Gasteiger partial charge in [0, 0.05) is 43.5 Å². The summed E-state index contributed by atoms with van der Waals surface area (Å²) in [5.41, 5.74) is 3.98. The van der Waals surface area contributed by atoms with E-state index in [1.165, 1.54) is 23.9 Å². The topological polar surface area (TPSA) is 113 Å². The Balaban J connectivity index is 0.00000370. The third-order valence-corrected chi connectivity index (χ3v) is 7.32. The van der Waals surface area contributed by atoms with Gasteiger partial charge in [0.2, 0.25) is 0 Å². The molecule has 0 spiro atoms.